The van der Waals surface area contributed by atoms with Gasteiger partial charge in [-0.05, 0) is 11.6 Å². The number of carbonyl (C=O) groups excluding carboxylic acids is 1. The van der Waals surface area contributed by atoms with E-state index < -0.39 is 30.2 Å². The first-order chi connectivity index (χ1) is 8.58. The highest BCUT2D eigenvalue weighted by Gasteiger charge is 2.58. The first-order valence-electron chi connectivity index (χ1n) is 5.56. The van der Waals surface area contributed by atoms with Crippen molar-refractivity contribution >= 4 is 5.97 Å². The molecular weight excluding hydrogens is 242 g/mol. The Labute approximate surface area is 102 Å². The summed E-state index contributed by atoms with van der Waals surface area (Å²) in [5.41, 5.74) is 0.809. The topological polar surface area (TPSA) is 38.8 Å². The molecule has 0 radical (unpaired) electrons. The average molecular weight is 252 g/mol. The minimum atomic E-state index is -3.18. The van der Waals surface area contributed by atoms with Gasteiger partial charge in [0, 0.05) is 6.08 Å². The molecule has 0 aliphatic carbocycles. The van der Waals surface area contributed by atoms with Crippen LogP contribution >= 0.6 is 0 Å². The van der Waals surface area contributed by atoms with Crippen LogP contribution in [0.2, 0.25) is 0 Å². The Balaban J connectivity index is 1.78. The van der Waals surface area contributed by atoms with Crippen molar-refractivity contribution in [1.29, 1.82) is 0 Å². The number of hydrogen-bond donors (Lipinski definition) is 0. The third-order valence-corrected chi connectivity index (χ3v) is 3.02. The van der Waals surface area contributed by atoms with E-state index in [1.54, 1.807) is 24.3 Å². The molecule has 3 rings (SSSR count). The van der Waals surface area contributed by atoms with E-state index in [9.17, 15) is 13.6 Å². The van der Waals surface area contributed by atoms with Gasteiger partial charge in [0.15, 0.2) is 6.10 Å². The van der Waals surface area contributed by atoms with Crippen LogP contribution in [-0.4, -0.2) is 24.1 Å². The van der Waals surface area contributed by atoms with Gasteiger partial charge in [-0.2, -0.15) is 8.78 Å². The quantitative estimate of drug-likeness (QED) is 0.598. The summed E-state index contributed by atoms with van der Waals surface area (Å²) in [7, 11) is 0. The molecule has 1 aromatic rings. The van der Waals surface area contributed by atoms with E-state index in [0.717, 1.165) is 11.6 Å². The molecule has 2 heterocycles. The SMILES string of the molecule is O=C1C=CC(F)(F)[C@H]([C@@H]2O[C@H]2c2ccccc2)O1. The average Bonchev–Trinajstić information content (AvgIpc) is 3.13. The van der Waals surface area contributed by atoms with Crippen LogP contribution in [0.25, 0.3) is 0 Å². The Morgan fingerprint density at radius 2 is 1.89 bits per heavy atom. The van der Waals surface area contributed by atoms with Gasteiger partial charge in [0.25, 0.3) is 0 Å². The zero-order valence-electron chi connectivity index (χ0n) is 9.25. The monoisotopic (exact) mass is 252 g/mol. The number of epoxide rings is 1. The van der Waals surface area contributed by atoms with E-state index in [1.807, 2.05) is 6.07 Å². The highest BCUT2D eigenvalue weighted by Crippen LogP contribution is 2.46. The van der Waals surface area contributed by atoms with E-state index >= 15 is 0 Å². The Bertz CT molecular complexity index is 498. The highest BCUT2D eigenvalue weighted by atomic mass is 19.3. The van der Waals surface area contributed by atoms with E-state index in [2.05, 4.69) is 4.74 Å². The number of cyclic esters (lactones) is 1. The smallest absolute Gasteiger partial charge is 0.331 e. The van der Waals surface area contributed by atoms with Gasteiger partial charge in [-0.25, -0.2) is 4.79 Å². The minimum Gasteiger partial charge on any atom is -0.449 e. The molecule has 2 aliphatic rings. The Morgan fingerprint density at radius 3 is 2.61 bits per heavy atom. The van der Waals surface area contributed by atoms with Crippen LogP contribution in [0.15, 0.2) is 42.5 Å². The fourth-order valence-electron chi connectivity index (χ4n) is 2.07. The number of carbonyl (C=O) groups is 1. The molecular formula is C13H10F2O3. The first kappa shape index (κ1) is 11.3. The van der Waals surface area contributed by atoms with Gasteiger partial charge in [-0.1, -0.05) is 30.3 Å². The Kier molecular flexibility index (Phi) is 2.45. The molecule has 0 saturated carbocycles. The lowest BCUT2D eigenvalue weighted by molar-refractivity contribution is -0.166. The zero-order valence-corrected chi connectivity index (χ0v) is 9.25. The van der Waals surface area contributed by atoms with E-state index in [4.69, 9.17) is 4.74 Å². The molecule has 0 unspecified atom stereocenters. The lowest BCUT2D eigenvalue weighted by Crippen LogP contribution is -2.43. The van der Waals surface area contributed by atoms with Crippen molar-refractivity contribution in [3.05, 3.63) is 48.0 Å². The summed E-state index contributed by atoms with van der Waals surface area (Å²) in [5, 5.41) is 0. The van der Waals surface area contributed by atoms with Gasteiger partial charge < -0.3 is 9.47 Å². The van der Waals surface area contributed by atoms with Crippen LogP contribution in [0.4, 0.5) is 8.78 Å². The van der Waals surface area contributed by atoms with Crippen LogP contribution < -0.4 is 0 Å². The van der Waals surface area contributed by atoms with Crippen LogP contribution in [-0.2, 0) is 14.3 Å². The molecule has 3 atom stereocenters. The summed E-state index contributed by atoms with van der Waals surface area (Å²) in [6.07, 6.45) is -1.43. The molecule has 0 aromatic heterocycles. The maximum Gasteiger partial charge on any atom is 0.331 e. The molecule has 3 nitrogen and oxygen atoms in total. The highest BCUT2D eigenvalue weighted by molar-refractivity contribution is 5.83. The summed E-state index contributed by atoms with van der Waals surface area (Å²) in [4.78, 5) is 11.0. The van der Waals surface area contributed by atoms with Crippen LogP contribution in [0, 0.1) is 0 Å². The van der Waals surface area contributed by atoms with Crippen molar-refractivity contribution in [3.63, 3.8) is 0 Å². The van der Waals surface area contributed by atoms with Crippen molar-refractivity contribution in [2.24, 2.45) is 0 Å². The molecule has 18 heavy (non-hydrogen) atoms. The molecule has 2 aliphatic heterocycles. The fraction of sp³-hybridized carbons (Fsp3) is 0.308. The van der Waals surface area contributed by atoms with E-state index in [1.165, 1.54) is 0 Å². The number of benzene rings is 1. The van der Waals surface area contributed by atoms with Gasteiger partial charge in [0.1, 0.15) is 12.2 Å². The number of ether oxygens (including phenoxy) is 2. The molecule has 94 valence electrons. The van der Waals surface area contributed by atoms with Crippen LogP contribution in [0.1, 0.15) is 11.7 Å². The maximum atomic E-state index is 13.6. The van der Waals surface area contributed by atoms with Gasteiger partial charge in [0.05, 0.1) is 0 Å². The first-order valence-corrected chi connectivity index (χ1v) is 5.56. The maximum absolute atomic E-state index is 13.6. The second-order valence-corrected chi connectivity index (χ2v) is 4.30. The summed E-state index contributed by atoms with van der Waals surface area (Å²) >= 11 is 0. The van der Waals surface area contributed by atoms with Crippen LogP contribution in [0.3, 0.4) is 0 Å². The van der Waals surface area contributed by atoms with Gasteiger partial charge in [-0.15, -0.1) is 0 Å². The molecule has 0 amide bonds. The van der Waals surface area contributed by atoms with Crippen molar-refractivity contribution in [2.75, 3.05) is 0 Å². The van der Waals surface area contributed by atoms with E-state index in [0.29, 0.717) is 6.08 Å². The zero-order chi connectivity index (χ0) is 12.8. The standard InChI is InChI=1S/C13H10F2O3/c14-13(15)7-6-9(16)17-12(13)11-10(18-11)8-4-2-1-3-5-8/h1-7,10-12H/t10-,11+,12-/m0/s1. The molecule has 1 aromatic carbocycles. The number of hydrogen-bond acceptors (Lipinski definition) is 3. The summed E-state index contributed by atoms with van der Waals surface area (Å²) in [6, 6.07) is 9.03. The number of esters is 1. The lowest BCUT2D eigenvalue weighted by atomic mass is 10.0. The van der Waals surface area contributed by atoms with Crippen LogP contribution in [0.5, 0.6) is 0 Å². The summed E-state index contributed by atoms with van der Waals surface area (Å²) in [5.74, 6) is -3.93. The molecule has 0 spiro atoms. The van der Waals surface area contributed by atoms with Crippen molar-refractivity contribution < 1.29 is 23.0 Å². The second kappa shape index (κ2) is 3.88. The minimum absolute atomic E-state index is 0.429. The van der Waals surface area contributed by atoms with Gasteiger partial charge >= 0.3 is 11.9 Å². The predicted molar refractivity (Wildman–Crippen MR) is 58.0 cm³/mol. The van der Waals surface area contributed by atoms with E-state index in [-0.39, 0.29) is 0 Å². The molecule has 0 N–H and O–H groups in total. The fourth-order valence-corrected chi connectivity index (χ4v) is 2.07. The molecule has 1 saturated heterocycles. The van der Waals surface area contributed by atoms with Gasteiger partial charge in [-0.3, -0.25) is 0 Å². The summed E-state index contributed by atoms with van der Waals surface area (Å²) in [6.45, 7) is 0. The van der Waals surface area contributed by atoms with Crippen molar-refractivity contribution in [3.8, 4) is 0 Å². The largest absolute Gasteiger partial charge is 0.449 e. The number of halogens is 2. The Morgan fingerprint density at radius 1 is 1.17 bits per heavy atom. The van der Waals surface area contributed by atoms with Crippen molar-refractivity contribution in [2.45, 2.75) is 24.2 Å². The van der Waals surface area contributed by atoms with Gasteiger partial charge in [0.2, 0.25) is 0 Å². The molecule has 1 fully saturated rings. The van der Waals surface area contributed by atoms with Crippen molar-refractivity contribution in [1.82, 2.24) is 0 Å². The summed E-state index contributed by atoms with van der Waals surface area (Å²) < 4.78 is 37.1. The number of alkyl halides is 2. The third kappa shape index (κ3) is 1.90. The molecule has 0 bridgehead atoms. The second-order valence-electron chi connectivity index (χ2n) is 4.30. The number of rotatable bonds is 2. The lowest BCUT2D eigenvalue weighted by Gasteiger charge is -2.25. The Hall–Kier alpha value is -1.75. The third-order valence-electron chi connectivity index (χ3n) is 3.02. The normalized spacial score (nSPS) is 33.0. The molecule has 5 heteroatoms. The predicted octanol–water partition coefficient (Wildman–Crippen LogP) is 2.24.